The third-order valence-electron chi connectivity index (χ3n) is 3.86. The first-order valence-corrected chi connectivity index (χ1v) is 8.21. The minimum atomic E-state index is -0.502. The summed E-state index contributed by atoms with van der Waals surface area (Å²) in [6.45, 7) is 6.64. The molecule has 0 bridgehead atoms. The number of ether oxygens (including phenoxy) is 2. The topological polar surface area (TPSA) is 35.5 Å². The van der Waals surface area contributed by atoms with Gasteiger partial charge in [0.05, 0.1) is 12.2 Å². The number of esters is 1. The molecule has 1 aliphatic rings. The van der Waals surface area contributed by atoms with Crippen LogP contribution in [0.4, 0.5) is 0 Å². The summed E-state index contributed by atoms with van der Waals surface area (Å²) in [7, 11) is 0. The summed E-state index contributed by atoms with van der Waals surface area (Å²) < 4.78 is 11.1. The summed E-state index contributed by atoms with van der Waals surface area (Å²) in [6.07, 6.45) is 12.7. The van der Waals surface area contributed by atoms with Crippen molar-refractivity contribution in [3.05, 3.63) is 12.2 Å². The van der Waals surface area contributed by atoms with E-state index in [4.69, 9.17) is 9.47 Å². The molecule has 20 heavy (non-hydrogen) atoms. The van der Waals surface area contributed by atoms with Crippen LogP contribution in [-0.4, -0.2) is 24.3 Å². The van der Waals surface area contributed by atoms with Gasteiger partial charge in [0.25, 0.3) is 0 Å². The van der Waals surface area contributed by atoms with Crippen molar-refractivity contribution in [2.24, 2.45) is 0 Å². The molecule has 0 spiro atoms. The Kier molecular flexibility index (Phi) is 7.90. The molecule has 1 heterocycles. The van der Waals surface area contributed by atoms with Gasteiger partial charge in [-0.1, -0.05) is 58.4 Å². The van der Waals surface area contributed by atoms with Gasteiger partial charge in [-0.3, -0.25) is 0 Å². The summed E-state index contributed by atoms with van der Waals surface area (Å²) in [6, 6.07) is 0. The fraction of sp³-hybridized carbons (Fsp3) is 0.824. The minimum Gasteiger partial charge on any atom is -0.464 e. The molecule has 0 N–H and O–H groups in total. The fourth-order valence-corrected chi connectivity index (χ4v) is 2.68. The summed E-state index contributed by atoms with van der Waals surface area (Å²) in [5, 5.41) is 0. The van der Waals surface area contributed by atoms with Crippen molar-refractivity contribution in [1.82, 2.24) is 0 Å². The molecule has 0 saturated heterocycles. The van der Waals surface area contributed by atoms with Crippen molar-refractivity contribution >= 4 is 5.97 Å². The highest BCUT2D eigenvalue weighted by Crippen LogP contribution is 2.34. The Morgan fingerprint density at radius 2 is 1.80 bits per heavy atom. The first-order chi connectivity index (χ1) is 9.67. The van der Waals surface area contributed by atoms with Crippen molar-refractivity contribution in [1.29, 1.82) is 0 Å². The minimum absolute atomic E-state index is 0.235. The van der Waals surface area contributed by atoms with Gasteiger partial charge >= 0.3 is 5.97 Å². The molecule has 0 amide bonds. The van der Waals surface area contributed by atoms with E-state index in [0.717, 1.165) is 32.1 Å². The van der Waals surface area contributed by atoms with E-state index in [1.54, 1.807) is 0 Å². The highest BCUT2D eigenvalue weighted by Gasteiger charge is 2.37. The van der Waals surface area contributed by atoms with Gasteiger partial charge in [0.2, 0.25) is 0 Å². The standard InChI is InChI=1S/C17H30O3/c1-4-7-9-10-13-17(12-8-5-2)14-11-15(20-17)16(18)19-6-3/h11,14-15H,4-10,12-13H2,1-3H3/t15-,17-/m0/s1. The lowest BCUT2D eigenvalue weighted by Crippen LogP contribution is -2.33. The van der Waals surface area contributed by atoms with E-state index in [2.05, 4.69) is 19.9 Å². The van der Waals surface area contributed by atoms with Crippen LogP contribution in [-0.2, 0) is 14.3 Å². The van der Waals surface area contributed by atoms with Gasteiger partial charge < -0.3 is 9.47 Å². The number of unbranched alkanes of at least 4 members (excludes halogenated alkanes) is 4. The van der Waals surface area contributed by atoms with E-state index in [-0.39, 0.29) is 11.6 Å². The van der Waals surface area contributed by atoms with Gasteiger partial charge in [-0.25, -0.2) is 4.79 Å². The summed E-state index contributed by atoms with van der Waals surface area (Å²) in [5.74, 6) is -0.254. The third kappa shape index (κ3) is 5.28. The molecule has 0 aliphatic carbocycles. The Balaban J connectivity index is 2.53. The van der Waals surface area contributed by atoms with Crippen molar-refractivity contribution in [2.75, 3.05) is 6.61 Å². The summed E-state index contributed by atoms with van der Waals surface area (Å²) >= 11 is 0. The summed E-state index contributed by atoms with van der Waals surface area (Å²) in [4.78, 5) is 11.8. The Labute approximate surface area is 123 Å². The molecule has 1 aliphatic heterocycles. The normalized spacial score (nSPS) is 25.1. The SMILES string of the molecule is CCCCCC[C@@]1(CCCC)C=C[C@@H](C(=O)OCC)O1. The molecule has 0 aromatic carbocycles. The second-order valence-corrected chi connectivity index (χ2v) is 5.63. The van der Waals surface area contributed by atoms with E-state index in [9.17, 15) is 4.79 Å². The molecular weight excluding hydrogens is 252 g/mol. The molecule has 3 nitrogen and oxygen atoms in total. The zero-order valence-electron chi connectivity index (χ0n) is 13.3. The van der Waals surface area contributed by atoms with Gasteiger partial charge in [0.1, 0.15) is 0 Å². The molecule has 0 fully saturated rings. The number of carbonyl (C=O) groups is 1. The molecule has 0 unspecified atom stereocenters. The number of rotatable bonds is 10. The van der Waals surface area contributed by atoms with Gasteiger partial charge in [-0.2, -0.15) is 0 Å². The van der Waals surface area contributed by atoms with Crippen LogP contribution in [0.2, 0.25) is 0 Å². The maximum atomic E-state index is 11.8. The van der Waals surface area contributed by atoms with Crippen molar-refractivity contribution in [2.45, 2.75) is 83.8 Å². The molecule has 3 heteroatoms. The quantitative estimate of drug-likeness (QED) is 0.338. The highest BCUT2D eigenvalue weighted by molar-refractivity contribution is 5.77. The Hall–Kier alpha value is -0.830. The van der Waals surface area contributed by atoms with E-state index in [1.165, 1.54) is 19.3 Å². The Morgan fingerprint density at radius 1 is 1.10 bits per heavy atom. The first-order valence-electron chi connectivity index (χ1n) is 8.21. The average molecular weight is 282 g/mol. The Bertz CT molecular complexity index is 311. The zero-order chi connectivity index (χ0) is 14.8. The second-order valence-electron chi connectivity index (χ2n) is 5.63. The average Bonchev–Trinajstić information content (AvgIpc) is 2.87. The second kappa shape index (κ2) is 9.17. The number of hydrogen-bond acceptors (Lipinski definition) is 3. The molecule has 1 rings (SSSR count). The van der Waals surface area contributed by atoms with E-state index in [0.29, 0.717) is 6.61 Å². The lowest BCUT2D eigenvalue weighted by molar-refractivity contribution is -0.159. The fourth-order valence-electron chi connectivity index (χ4n) is 2.68. The molecule has 0 aromatic rings. The van der Waals surface area contributed by atoms with Crippen molar-refractivity contribution < 1.29 is 14.3 Å². The molecule has 2 atom stereocenters. The van der Waals surface area contributed by atoms with Gasteiger partial charge in [0, 0.05) is 0 Å². The lowest BCUT2D eigenvalue weighted by atomic mass is 9.90. The number of carbonyl (C=O) groups excluding carboxylic acids is 1. The number of hydrogen-bond donors (Lipinski definition) is 0. The maximum Gasteiger partial charge on any atom is 0.339 e. The van der Waals surface area contributed by atoms with E-state index >= 15 is 0 Å². The Morgan fingerprint density at radius 3 is 2.45 bits per heavy atom. The molecule has 0 aromatic heterocycles. The zero-order valence-corrected chi connectivity index (χ0v) is 13.3. The highest BCUT2D eigenvalue weighted by atomic mass is 16.6. The van der Waals surface area contributed by atoms with Crippen LogP contribution in [0.3, 0.4) is 0 Å². The van der Waals surface area contributed by atoms with Crippen LogP contribution in [0, 0.1) is 0 Å². The molecule has 0 saturated carbocycles. The predicted octanol–water partition coefficient (Wildman–Crippen LogP) is 4.40. The van der Waals surface area contributed by atoms with Crippen LogP contribution in [0.25, 0.3) is 0 Å². The van der Waals surface area contributed by atoms with Crippen molar-refractivity contribution in [3.8, 4) is 0 Å². The largest absolute Gasteiger partial charge is 0.464 e. The van der Waals surface area contributed by atoms with Gasteiger partial charge in [-0.15, -0.1) is 0 Å². The molecular formula is C17H30O3. The first kappa shape index (κ1) is 17.2. The van der Waals surface area contributed by atoms with Crippen LogP contribution in [0.15, 0.2) is 12.2 Å². The third-order valence-corrected chi connectivity index (χ3v) is 3.86. The summed E-state index contributed by atoms with van der Waals surface area (Å²) in [5.41, 5.74) is -0.235. The lowest BCUT2D eigenvalue weighted by Gasteiger charge is -2.29. The van der Waals surface area contributed by atoms with Crippen LogP contribution >= 0.6 is 0 Å². The monoisotopic (exact) mass is 282 g/mol. The van der Waals surface area contributed by atoms with Crippen LogP contribution in [0.1, 0.15) is 72.1 Å². The predicted molar refractivity (Wildman–Crippen MR) is 81.7 cm³/mol. The molecule has 0 radical (unpaired) electrons. The van der Waals surface area contributed by atoms with Crippen LogP contribution in [0.5, 0.6) is 0 Å². The van der Waals surface area contributed by atoms with E-state index < -0.39 is 6.10 Å². The van der Waals surface area contributed by atoms with E-state index in [1.807, 2.05) is 13.0 Å². The smallest absolute Gasteiger partial charge is 0.339 e. The molecule has 116 valence electrons. The van der Waals surface area contributed by atoms with Gasteiger partial charge in [0.15, 0.2) is 6.10 Å². The van der Waals surface area contributed by atoms with Crippen LogP contribution < -0.4 is 0 Å². The maximum absolute atomic E-state index is 11.8. The van der Waals surface area contributed by atoms with Gasteiger partial charge in [-0.05, 0) is 25.8 Å². The van der Waals surface area contributed by atoms with Crippen molar-refractivity contribution in [3.63, 3.8) is 0 Å².